The molecule has 0 amide bonds. The summed E-state index contributed by atoms with van der Waals surface area (Å²) >= 11 is 0. The lowest BCUT2D eigenvalue weighted by Gasteiger charge is -2.08. The summed E-state index contributed by atoms with van der Waals surface area (Å²) in [6.07, 6.45) is 6.50. The van der Waals surface area contributed by atoms with Crippen molar-refractivity contribution in [3.8, 4) is 11.3 Å². The van der Waals surface area contributed by atoms with E-state index in [1.54, 1.807) is 24.8 Å². The van der Waals surface area contributed by atoms with Crippen molar-refractivity contribution in [2.75, 3.05) is 5.32 Å². The van der Waals surface area contributed by atoms with E-state index in [1.165, 1.54) is 18.5 Å². The van der Waals surface area contributed by atoms with Crippen molar-refractivity contribution in [3.63, 3.8) is 0 Å². The van der Waals surface area contributed by atoms with Crippen LogP contribution in [0.5, 0.6) is 0 Å². The minimum Gasteiger partial charge on any atom is -0.472 e. The Labute approximate surface area is 137 Å². The van der Waals surface area contributed by atoms with Gasteiger partial charge in [-0.3, -0.25) is 4.98 Å². The van der Waals surface area contributed by atoms with E-state index in [0.717, 1.165) is 22.2 Å². The largest absolute Gasteiger partial charge is 0.472 e. The first kappa shape index (κ1) is 14.3. The summed E-state index contributed by atoms with van der Waals surface area (Å²) in [6.45, 7) is 0.558. The number of benzene rings is 1. The van der Waals surface area contributed by atoms with Crippen LogP contribution in [-0.4, -0.2) is 15.0 Å². The van der Waals surface area contributed by atoms with Gasteiger partial charge in [0.2, 0.25) is 0 Å². The Hall–Kier alpha value is -3.28. The highest BCUT2D eigenvalue weighted by molar-refractivity contribution is 5.88. The zero-order valence-corrected chi connectivity index (χ0v) is 12.6. The summed E-state index contributed by atoms with van der Waals surface area (Å²) in [5.74, 6) is 0.352. The highest BCUT2D eigenvalue weighted by atomic mass is 19.1. The van der Waals surface area contributed by atoms with Crippen molar-refractivity contribution >= 4 is 16.7 Å². The van der Waals surface area contributed by atoms with Crippen molar-refractivity contribution in [1.82, 2.24) is 15.0 Å². The van der Waals surface area contributed by atoms with E-state index >= 15 is 0 Å². The molecular formula is C18H13FN4O. The smallest absolute Gasteiger partial charge is 0.137 e. The van der Waals surface area contributed by atoms with Gasteiger partial charge in [-0.25, -0.2) is 14.4 Å². The molecule has 0 bridgehead atoms. The number of nitrogens with zero attached hydrogens (tertiary/aromatic N) is 3. The van der Waals surface area contributed by atoms with Gasteiger partial charge in [-0.05, 0) is 29.8 Å². The van der Waals surface area contributed by atoms with Crippen LogP contribution in [0.1, 0.15) is 5.56 Å². The molecule has 118 valence electrons. The number of hydrogen-bond donors (Lipinski definition) is 1. The molecule has 0 radical (unpaired) electrons. The molecule has 4 aromatic rings. The Morgan fingerprint density at radius 2 is 2.00 bits per heavy atom. The van der Waals surface area contributed by atoms with Gasteiger partial charge in [-0.15, -0.1) is 0 Å². The van der Waals surface area contributed by atoms with Gasteiger partial charge in [0.25, 0.3) is 0 Å². The summed E-state index contributed by atoms with van der Waals surface area (Å²) in [5.41, 5.74) is 3.38. The number of hydrogen-bond acceptors (Lipinski definition) is 5. The Balaban J connectivity index is 1.53. The molecule has 5 nitrogen and oxygen atoms in total. The van der Waals surface area contributed by atoms with Crippen LogP contribution in [0, 0.1) is 5.82 Å². The highest BCUT2D eigenvalue weighted by Gasteiger charge is 2.05. The number of halogens is 1. The fourth-order valence-electron chi connectivity index (χ4n) is 2.47. The van der Waals surface area contributed by atoms with Crippen molar-refractivity contribution < 1.29 is 8.81 Å². The van der Waals surface area contributed by atoms with Crippen LogP contribution >= 0.6 is 0 Å². The molecule has 0 spiro atoms. The van der Waals surface area contributed by atoms with Crippen LogP contribution < -0.4 is 5.32 Å². The summed E-state index contributed by atoms with van der Waals surface area (Å²) in [6, 6.07) is 10.3. The lowest BCUT2D eigenvalue weighted by Crippen LogP contribution is -2.03. The number of anilines is 1. The van der Waals surface area contributed by atoms with Crippen LogP contribution in [0.3, 0.4) is 0 Å². The predicted molar refractivity (Wildman–Crippen MR) is 88.8 cm³/mol. The van der Waals surface area contributed by atoms with Crippen molar-refractivity contribution in [2.24, 2.45) is 0 Å². The van der Waals surface area contributed by atoms with Gasteiger partial charge in [-0.1, -0.05) is 6.07 Å². The van der Waals surface area contributed by atoms with Gasteiger partial charge in [0.15, 0.2) is 0 Å². The average molecular weight is 320 g/mol. The maximum atomic E-state index is 13.3. The summed E-state index contributed by atoms with van der Waals surface area (Å²) in [5, 5.41) is 4.03. The number of fused-ring (bicyclic) bond motifs is 1. The number of furan rings is 1. The molecule has 4 rings (SSSR count). The third-order valence-electron chi connectivity index (χ3n) is 3.70. The average Bonchev–Trinajstić information content (AvgIpc) is 3.14. The van der Waals surface area contributed by atoms with Crippen molar-refractivity contribution in [3.05, 3.63) is 72.8 Å². The number of rotatable bonds is 4. The molecule has 3 heterocycles. The predicted octanol–water partition coefficient (Wildman–Crippen LogP) is 4.04. The van der Waals surface area contributed by atoms with Gasteiger partial charge in [0.05, 0.1) is 23.7 Å². The van der Waals surface area contributed by atoms with Gasteiger partial charge in [-0.2, -0.15) is 0 Å². The fraction of sp³-hybridized carbons (Fsp3) is 0.0556. The van der Waals surface area contributed by atoms with Gasteiger partial charge < -0.3 is 9.73 Å². The van der Waals surface area contributed by atoms with Crippen molar-refractivity contribution in [2.45, 2.75) is 6.54 Å². The standard InChI is InChI=1S/C18H13FN4O/c19-14-2-3-15-17(7-14)22-11-23-18(15)21-9-12-1-4-16(20-8-12)13-5-6-24-10-13/h1-8,10-11H,9H2,(H,21,22,23). The second kappa shape index (κ2) is 6.08. The van der Waals surface area contributed by atoms with E-state index in [2.05, 4.69) is 20.3 Å². The van der Waals surface area contributed by atoms with Crippen LogP contribution in [0.4, 0.5) is 10.2 Å². The normalized spacial score (nSPS) is 10.9. The zero-order chi connectivity index (χ0) is 16.4. The minimum absolute atomic E-state index is 0.314. The molecule has 24 heavy (non-hydrogen) atoms. The molecule has 0 unspecified atom stereocenters. The quantitative estimate of drug-likeness (QED) is 0.615. The molecule has 0 saturated carbocycles. The second-order valence-electron chi connectivity index (χ2n) is 5.30. The minimum atomic E-state index is -0.314. The van der Waals surface area contributed by atoms with E-state index in [9.17, 15) is 4.39 Å². The maximum absolute atomic E-state index is 13.3. The van der Waals surface area contributed by atoms with E-state index < -0.39 is 0 Å². The highest BCUT2D eigenvalue weighted by Crippen LogP contribution is 2.21. The Morgan fingerprint density at radius 3 is 2.79 bits per heavy atom. The van der Waals surface area contributed by atoms with Crippen LogP contribution in [-0.2, 0) is 6.54 Å². The van der Waals surface area contributed by atoms with Crippen LogP contribution in [0.2, 0.25) is 0 Å². The molecule has 0 fully saturated rings. The fourth-order valence-corrected chi connectivity index (χ4v) is 2.47. The molecule has 0 aliphatic heterocycles. The summed E-state index contributed by atoms with van der Waals surface area (Å²) < 4.78 is 18.3. The molecule has 1 N–H and O–H groups in total. The number of nitrogens with one attached hydrogen (secondary N) is 1. The van der Waals surface area contributed by atoms with Crippen molar-refractivity contribution in [1.29, 1.82) is 0 Å². The van der Waals surface area contributed by atoms with Gasteiger partial charge in [0.1, 0.15) is 18.0 Å². The van der Waals surface area contributed by atoms with E-state index in [4.69, 9.17) is 4.42 Å². The molecule has 0 atom stereocenters. The molecule has 0 aliphatic rings. The van der Waals surface area contributed by atoms with E-state index in [-0.39, 0.29) is 5.82 Å². The zero-order valence-electron chi connectivity index (χ0n) is 12.6. The molecule has 1 aromatic carbocycles. The Kier molecular flexibility index (Phi) is 3.63. The van der Waals surface area contributed by atoms with Crippen LogP contribution in [0.15, 0.2) is 65.9 Å². The van der Waals surface area contributed by atoms with E-state index in [0.29, 0.717) is 17.9 Å². The first-order valence-electron chi connectivity index (χ1n) is 7.41. The van der Waals surface area contributed by atoms with Gasteiger partial charge >= 0.3 is 0 Å². The third-order valence-corrected chi connectivity index (χ3v) is 3.70. The first-order valence-corrected chi connectivity index (χ1v) is 7.41. The number of pyridine rings is 1. The van der Waals surface area contributed by atoms with Crippen LogP contribution in [0.25, 0.3) is 22.2 Å². The second-order valence-corrected chi connectivity index (χ2v) is 5.30. The molecule has 6 heteroatoms. The third kappa shape index (κ3) is 2.81. The SMILES string of the molecule is Fc1ccc2c(NCc3ccc(-c4ccoc4)nc3)ncnc2c1. The lowest BCUT2D eigenvalue weighted by atomic mass is 10.2. The van der Waals surface area contributed by atoms with Gasteiger partial charge in [0, 0.05) is 29.8 Å². The Bertz CT molecular complexity index is 968. The molecular weight excluding hydrogens is 307 g/mol. The topological polar surface area (TPSA) is 63.8 Å². The summed E-state index contributed by atoms with van der Waals surface area (Å²) in [7, 11) is 0. The number of aromatic nitrogens is 3. The molecule has 0 aliphatic carbocycles. The summed E-state index contributed by atoms with van der Waals surface area (Å²) in [4.78, 5) is 12.7. The lowest BCUT2D eigenvalue weighted by molar-refractivity contribution is 0.568. The molecule has 3 aromatic heterocycles. The molecule has 0 saturated heterocycles. The maximum Gasteiger partial charge on any atom is 0.137 e. The Morgan fingerprint density at radius 1 is 1.04 bits per heavy atom. The monoisotopic (exact) mass is 320 g/mol. The first-order chi connectivity index (χ1) is 11.8. The van der Waals surface area contributed by atoms with E-state index in [1.807, 2.05) is 18.2 Å².